The summed E-state index contributed by atoms with van der Waals surface area (Å²) in [7, 11) is 1.38. The summed E-state index contributed by atoms with van der Waals surface area (Å²) < 4.78 is 5.51. The van der Waals surface area contributed by atoms with Gasteiger partial charge in [-0.05, 0) is 34.6 Å². The lowest BCUT2D eigenvalue weighted by Gasteiger charge is -2.18. The molecule has 2 aromatic carbocycles. The summed E-state index contributed by atoms with van der Waals surface area (Å²) in [5.41, 5.74) is 4.66. The van der Waals surface area contributed by atoms with Crippen LogP contribution in [-0.4, -0.2) is 54.9 Å². The first-order valence-electron chi connectivity index (χ1n) is 10.6. The standard InChI is InChI=1S/C24H28N2O6/c1-16(11-12-22(27)26(2)32-15-23(28)29)13-25-24(30)31-14-21-19-9-5-3-7-17(19)18-8-4-6-10-20(18)21/h3-10,16,21H,11-15H2,1-2H3,(H,25,30)(H,28,29). The Hall–Kier alpha value is -3.39. The Balaban J connectivity index is 1.42. The van der Waals surface area contributed by atoms with Crippen molar-refractivity contribution < 1.29 is 29.1 Å². The first-order valence-corrected chi connectivity index (χ1v) is 10.6. The lowest BCUT2D eigenvalue weighted by Crippen LogP contribution is -2.32. The minimum Gasteiger partial charge on any atom is -0.479 e. The van der Waals surface area contributed by atoms with E-state index in [0.717, 1.165) is 16.2 Å². The minimum absolute atomic E-state index is 0.00420. The third-order valence-electron chi connectivity index (χ3n) is 5.52. The molecule has 2 N–H and O–H groups in total. The van der Waals surface area contributed by atoms with Crippen molar-refractivity contribution in [2.45, 2.75) is 25.7 Å². The normalized spacial score (nSPS) is 13.1. The van der Waals surface area contributed by atoms with Gasteiger partial charge in [0.1, 0.15) is 6.61 Å². The highest BCUT2D eigenvalue weighted by molar-refractivity contribution is 5.79. The summed E-state index contributed by atoms with van der Waals surface area (Å²) in [6.07, 6.45) is 0.208. The van der Waals surface area contributed by atoms with E-state index in [2.05, 4.69) is 29.6 Å². The van der Waals surface area contributed by atoms with Crippen molar-refractivity contribution in [2.24, 2.45) is 5.92 Å². The van der Waals surface area contributed by atoms with E-state index in [1.807, 2.05) is 31.2 Å². The molecule has 8 heteroatoms. The molecule has 0 saturated heterocycles. The molecule has 0 fully saturated rings. The van der Waals surface area contributed by atoms with Crippen LogP contribution in [-0.2, 0) is 19.2 Å². The third kappa shape index (κ3) is 5.85. The molecule has 8 nitrogen and oxygen atoms in total. The summed E-state index contributed by atoms with van der Waals surface area (Å²) >= 11 is 0. The molecule has 0 saturated carbocycles. The van der Waals surface area contributed by atoms with Crippen molar-refractivity contribution in [3.63, 3.8) is 0 Å². The van der Waals surface area contributed by atoms with Crippen LogP contribution in [0.15, 0.2) is 48.5 Å². The molecule has 1 atom stereocenters. The highest BCUT2D eigenvalue weighted by Crippen LogP contribution is 2.44. The quantitative estimate of drug-likeness (QED) is 0.549. The molecule has 2 aromatic rings. The van der Waals surface area contributed by atoms with Gasteiger partial charge in [-0.15, -0.1) is 0 Å². The molecule has 0 bridgehead atoms. The van der Waals surface area contributed by atoms with Gasteiger partial charge in [-0.3, -0.25) is 9.63 Å². The molecule has 2 amide bonds. The van der Waals surface area contributed by atoms with Crippen molar-refractivity contribution in [3.05, 3.63) is 59.7 Å². The average Bonchev–Trinajstić information content (AvgIpc) is 3.11. The van der Waals surface area contributed by atoms with Gasteiger partial charge in [0, 0.05) is 25.9 Å². The van der Waals surface area contributed by atoms with E-state index in [-0.39, 0.29) is 30.8 Å². The third-order valence-corrected chi connectivity index (χ3v) is 5.52. The average molecular weight is 440 g/mol. The van der Waals surface area contributed by atoms with Crippen LogP contribution in [0.4, 0.5) is 4.79 Å². The summed E-state index contributed by atoms with van der Waals surface area (Å²) in [6.45, 7) is 1.96. The highest BCUT2D eigenvalue weighted by Gasteiger charge is 2.29. The summed E-state index contributed by atoms with van der Waals surface area (Å²) in [5, 5.41) is 12.3. The van der Waals surface area contributed by atoms with Crippen LogP contribution in [0.25, 0.3) is 11.1 Å². The lowest BCUT2D eigenvalue weighted by molar-refractivity contribution is -0.185. The van der Waals surface area contributed by atoms with Crippen molar-refractivity contribution in [3.8, 4) is 11.1 Å². The SMILES string of the molecule is CC(CCC(=O)N(C)OCC(=O)O)CNC(=O)OCC1c2ccccc2-c2ccccc21. The van der Waals surface area contributed by atoms with Crippen LogP contribution < -0.4 is 5.32 Å². The maximum absolute atomic E-state index is 12.2. The molecule has 0 spiro atoms. The molecule has 1 aliphatic rings. The molecule has 0 radical (unpaired) electrons. The zero-order chi connectivity index (χ0) is 23.1. The number of nitrogens with zero attached hydrogens (tertiary/aromatic N) is 1. The molecule has 32 heavy (non-hydrogen) atoms. The van der Waals surface area contributed by atoms with Gasteiger partial charge in [-0.1, -0.05) is 55.5 Å². The molecule has 1 unspecified atom stereocenters. The first kappa shape index (κ1) is 23.3. The number of aliphatic carboxylic acids is 1. The van der Waals surface area contributed by atoms with Crippen LogP contribution in [0.1, 0.15) is 36.8 Å². The van der Waals surface area contributed by atoms with E-state index in [1.165, 1.54) is 18.2 Å². The number of nitrogens with one attached hydrogen (secondary N) is 1. The Morgan fingerprint density at radius 2 is 1.66 bits per heavy atom. The number of ether oxygens (including phenoxy) is 1. The topological polar surface area (TPSA) is 105 Å². The van der Waals surface area contributed by atoms with Crippen LogP contribution in [0.2, 0.25) is 0 Å². The van der Waals surface area contributed by atoms with Gasteiger partial charge < -0.3 is 15.2 Å². The van der Waals surface area contributed by atoms with Crippen LogP contribution in [0, 0.1) is 5.92 Å². The van der Waals surface area contributed by atoms with Crippen LogP contribution in [0.3, 0.4) is 0 Å². The van der Waals surface area contributed by atoms with E-state index in [1.54, 1.807) is 0 Å². The number of carbonyl (C=O) groups excluding carboxylic acids is 2. The second-order valence-electron chi connectivity index (χ2n) is 7.91. The molecule has 1 aliphatic carbocycles. The van der Waals surface area contributed by atoms with Crippen molar-refractivity contribution >= 4 is 18.0 Å². The van der Waals surface area contributed by atoms with Gasteiger partial charge in [-0.2, -0.15) is 0 Å². The van der Waals surface area contributed by atoms with Gasteiger partial charge in [0.05, 0.1) is 0 Å². The first-order chi connectivity index (χ1) is 15.4. The fraction of sp³-hybridized carbons (Fsp3) is 0.375. The Bertz CT molecular complexity index is 931. The molecular formula is C24H28N2O6. The second-order valence-corrected chi connectivity index (χ2v) is 7.91. The Morgan fingerprint density at radius 1 is 1.06 bits per heavy atom. The smallest absolute Gasteiger partial charge is 0.407 e. The zero-order valence-corrected chi connectivity index (χ0v) is 18.2. The van der Waals surface area contributed by atoms with E-state index in [4.69, 9.17) is 14.7 Å². The highest BCUT2D eigenvalue weighted by atomic mass is 16.7. The fourth-order valence-electron chi connectivity index (χ4n) is 3.76. The summed E-state index contributed by atoms with van der Waals surface area (Å²) in [5.74, 6) is -1.43. The second kappa shape index (κ2) is 10.8. The molecule has 170 valence electrons. The van der Waals surface area contributed by atoms with Crippen molar-refractivity contribution in [1.29, 1.82) is 0 Å². The zero-order valence-electron chi connectivity index (χ0n) is 18.2. The maximum Gasteiger partial charge on any atom is 0.407 e. The van der Waals surface area contributed by atoms with Gasteiger partial charge in [-0.25, -0.2) is 14.7 Å². The van der Waals surface area contributed by atoms with Gasteiger partial charge in [0.15, 0.2) is 6.61 Å². The molecule has 3 rings (SSSR count). The molecule has 0 aromatic heterocycles. The number of rotatable bonds is 10. The number of hydroxylamine groups is 2. The predicted molar refractivity (Wildman–Crippen MR) is 118 cm³/mol. The number of carboxylic acids is 1. The number of hydrogen-bond acceptors (Lipinski definition) is 5. The fourth-order valence-corrected chi connectivity index (χ4v) is 3.76. The Morgan fingerprint density at radius 3 is 2.25 bits per heavy atom. The number of benzene rings is 2. The summed E-state index contributed by atoms with van der Waals surface area (Å²) in [6, 6.07) is 16.3. The van der Waals surface area contributed by atoms with E-state index < -0.39 is 18.7 Å². The van der Waals surface area contributed by atoms with Gasteiger partial charge >= 0.3 is 12.1 Å². The number of carboxylic acid groups (broad SMARTS) is 1. The van der Waals surface area contributed by atoms with Crippen LogP contribution >= 0.6 is 0 Å². The van der Waals surface area contributed by atoms with E-state index >= 15 is 0 Å². The van der Waals surface area contributed by atoms with Crippen LogP contribution in [0.5, 0.6) is 0 Å². The van der Waals surface area contributed by atoms with Gasteiger partial charge in [0.25, 0.3) is 0 Å². The molecular weight excluding hydrogens is 412 g/mol. The maximum atomic E-state index is 12.2. The number of amides is 2. The number of carbonyl (C=O) groups is 3. The monoisotopic (exact) mass is 440 g/mol. The van der Waals surface area contributed by atoms with E-state index in [0.29, 0.717) is 13.0 Å². The Kier molecular flexibility index (Phi) is 7.83. The lowest BCUT2D eigenvalue weighted by atomic mass is 9.98. The largest absolute Gasteiger partial charge is 0.479 e. The number of fused-ring (bicyclic) bond motifs is 3. The Labute approximate surface area is 187 Å². The number of alkyl carbamates (subject to hydrolysis) is 1. The molecule has 0 heterocycles. The van der Waals surface area contributed by atoms with E-state index in [9.17, 15) is 14.4 Å². The van der Waals surface area contributed by atoms with Crippen molar-refractivity contribution in [2.75, 3.05) is 26.8 Å². The predicted octanol–water partition coefficient (Wildman–Crippen LogP) is 3.42. The minimum atomic E-state index is -1.15. The number of hydrogen-bond donors (Lipinski definition) is 2. The van der Waals surface area contributed by atoms with Gasteiger partial charge in [0.2, 0.25) is 5.91 Å². The molecule has 0 aliphatic heterocycles. The summed E-state index contributed by atoms with van der Waals surface area (Å²) in [4.78, 5) is 39.5. The van der Waals surface area contributed by atoms with Crippen molar-refractivity contribution in [1.82, 2.24) is 10.4 Å².